The lowest BCUT2D eigenvalue weighted by atomic mass is 10.0. The van der Waals surface area contributed by atoms with Crippen molar-refractivity contribution in [1.82, 2.24) is 14.9 Å². The Labute approximate surface area is 145 Å². The monoisotopic (exact) mass is 339 g/mol. The number of nitrogens with zero attached hydrogens (tertiary/aromatic N) is 2. The van der Waals surface area contributed by atoms with Gasteiger partial charge in [-0.15, -0.1) is 0 Å². The number of hydrogen-bond donors (Lipinski definition) is 1. The van der Waals surface area contributed by atoms with Gasteiger partial charge < -0.3 is 14.6 Å². The lowest BCUT2D eigenvalue weighted by Crippen LogP contribution is -2.35. The Bertz CT molecular complexity index is 857. The van der Waals surface area contributed by atoms with Crippen LogP contribution in [0.5, 0.6) is 5.75 Å². The van der Waals surface area contributed by atoms with Gasteiger partial charge in [-0.25, -0.2) is 4.98 Å². The Morgan fingerprint density at radius 2 is 2.16 bits per heavy atom. The molecule has 2 aromatic rings. The third-order valence-electron chi connectivity index (χ3n) is 5.01. The van der Waals surface area contributed by atoms with Gasteiger partial charge in [0.25, 0.3) is 11.5 Å². The number of amides is 1. The zero-order chi connectivity index (χ0) is 17.4. The first kappa shape index (κ1) is 15.9. The van der Waals surface area contributed by atoms with Crippen LogP contribution in [-0.4, -0.2) is 34.4 Å². The molecule has 0 bridgehead atoms. The topological polar surface area (TPSA) is 75.3 Å². The van der Waals surface area contributed by atoms with Gasteiger partial charge in [-0.3, -0.25) is 9.59 Å². The molecule has 1 aromatic carbocycles. The molecular weight excluding hydrogens is 318 g/mol. The highest BCUT2D eigenvalue weighted by atomic mass is 16.5. The van der Waals surface area contributed by atoms with E-state index in [1.54, 1.807) is 12.0 Å². The third-order valence-corrected chi connectivity index (χ3v) is 5.01. The van der Waals surface area contributed by atoms with Crippen molar-refractivity contribution < 1.29 is 9.53 Å². The molecule has 0 spiro atoms. The van der Waals surface area contributed by atoms with Crippen molar-refractivity contribution in [3.05, 3.63) is 57.8 Å². The maximum Gasteiger partial charge on any atom is 0.263 e. The number of carbonyl (C=O) groups is 1. The van der Waals surface area contributed by atoms with E-state index in [1.165, 1.54) is 6.20 Å². The maximum absolute atomic E-state index is 12.9. The van der Waals surface area contributed by atoms with Crippen LogP contribution in [0.1, 0.15) is 59.4 Å². The van der Waals surface area contributed by atoms with Gasteiger partial charge in [-0.2, -0.15) is 0 Å². The van der Waals surface area contributed by atoms with Crippen molar-refractivity contribution in [1.29, 1.82) is 0 Å². The second-order valence-corrected chi connectivity index (χ2v) is 6.72. The zero-order valence-corrected chi connectivity index (χ0v) is 14.2. The fourth-order valence-electron chi connectivity index (χ4n) is 3.49. The highest BCUT2D eigenvalue weighted by molar-refractivity contribution is 5.94. The Kier molecular flexibility index (Phi) is 4.03. The molecule has 1 amide bonds. The van der Waals surface area contributed by atoms with Crippen LogP contribution in [0.15, 0.2) is 35.3 Å². The molecule has 6 nitrogen and oxygen atoms in total. The number of hydrogen-bond acceptors (Lipinski definition) is 4. The van der Waals surface area contributed by atoms with E-state index >= 15 is 0 Å². The lowest BCUT2D eigenvalue weighted by molar-refractivity contribution is 0.0733. The van der Waals surface area contributed by atoms with Gasteiger partial charge in [0.1, 0.15) is 17.1 Å². The second-order valence-electron chi connectivity index (χ2n) is 6.72. The van der Waals surface area contributed by atoms with E-state index in [0.717, 1.165) is 37.0 Å². The molecule has 1 aliphatic carbocycles. The smallest absolute Gasteiger partial charge is 0.263 e. The SMILES string of the molecule is COc1cccc([C@@H]2CCCN2C(=O)c2cnc(C3CC3)[nH]c2=O)c1. The van der Waals surface area contributed by atoms with Crippen LogP contribution in [0.3, 0.4) is 0 Å². The molecule has 1 saturated carbocycles. The maximum atomic E-state index is 12.9. The Balaban J connectivity index is 1.61. The zero-order valence-electron chi connectivity index (χ0n) is 14.2. The summed E-state index contributed by atoms with van der Waals surface area (Å²) in [5.41, 5.74) is 0.821. The van der Waals surface area contributed by atoms with Crippen LogP contribution in [0, 0.1) is 0 Å². The van der Waals surface area contributed by atoms with E-state index in [9.17, 15) is 9.59 Å². The molecule has 1 aliphatic heterocycles. The van der Waals surface area contributed by atoms with Gasteiger partial charge in [0.05, 0.1) is 13.2 Å². The summed E-state index contributed by atoms with van der Waals surface area (Å²) in [7, 11) is 1.63. The molecule has 2 heterocycles. The van der Waals surface area contributed by atoms with Gasteiger partial charge in [0.2, 0.25) is 0 Å². The summed E-state index contributed by atoms with van der Waals surface area (Å²) in [5.74, 6) is 1.58. The number of aromatic amines is 1. The van der Waals surface area contributed by atoms with Crippen LogP contribution in [0.2, 0.25) is 0 Å². The average Bonchev–Trinajstić information content (AvgIpc) is 3.37. The molecule has 25 heavy (non-hydrogen) atoms. The minimum atomic E-state index is -0.335. The standard InChI is InChI=1S/C19H21N3O3/c1-25-14-5-2-4-13(10-14)16-6-3-9-22(16)19(24)15-11-20-17(12-7-8-12)21-18(15)23/h2,4-5,10-12,16H,3,6-9H2,1H3,(H,20,21,23)/t16-/m0/s1. The van der Waals surface area contributed by atoms with Crippen molar-refractivity contribution in [2.45, 2.75) is 37.6 Å². The van der Waals surface area contributed by atoms with Crippen LogP contribution >= 0.6 is 0 Å². The number of aromatic nitrogens is 2. The number of nitrogens with one attached hydrogen (secondary N) is 1. The van der Waals surface area contributed by atoms with E-state index < -0.39 is 0 Å². The predicted molar refractivity (Wildman–Crippen MR) is 92.8 cm³/mol. The summed E-state index contributed by atoms with van der Waals surface area (Å²) in [6, 6.07) is 7.72. The van der Waals surface area contributed by atoms with Crippen LogP contribution in [0.4, 0.5) is 0 Å². The van der Waals surface area contributed by atoms with Gasteiger partial charge in [0, 0.05) is 18.7 Å². The summed E-state index contributed by atoms with van der Waals surface area (Å²) in [5, 5.41) is 0. The Morgan fingerprint density at radius 3 is 2.88 bits per heavy atom. The lowest BCUT2D eigenvalue weighted by Gasteiger charge is -2.25. The molecule has 1 aromatic heterocycles. The molecule has 130 valence electrons. The van der Waals surface area contributed by atoms with Crippen molar-refractivity contribution >= 4 is 5.91 Å². The van der Waals surface area contributed by atoms with Crippen LogP contribution in [0.25, 0.3) is 0 Å². The van der Waals surface area contributed by atoms with E-state index in [0.29, 0.717) is 18.3 Å². The van der Waals surface area contributed by atoms with Crippen LogP contribution < -0.4 is 10.3 Å². The molecule has 1 saturated heterocycles. The Hall–Kier alpha value is -2.63. The predicted octanol–water partition coefficient (Wildman–Crippen LogP) is 2.63. The molecule has 0 radical (unpaired) electrons. The number of likely N-dealkylation sites (tertiary alicyclic amines) is 1. The molecule has 1 atom stereocenters. The molecule has 4 rings (SSSR count). The first-order valence-electron chi connectivity index (χ1n) is 8.71. The van der Waals surface area contributed by atoms with E-state index in [-0.39, 0.29) is 23.1 Å². The van der Waals surface area contributed by atoms with Crippen molar-refractivity contribution in [3.8, 4) is 5.75 Å². The normalized spacial score (nSPS) is 19.9. The first-order valence-corrected chi connectivity index (χ1v) is 8.71. The second kappa shape index (κ2) is 6.35. The largest absolute Gasteiger partial charge is 0.497 e. The summed E-state index contributed by atoms with van der Waals surface area (Å²) in [6.45, 7) is 0.643. The van der Waals surface area contributed by atoms with Crippen molar-refractivity contribution in [2.75, 3.05) is 13.7 Å². The van der Waals surface area contributed by atoms with Gasteiger partial charge in [0.15, 0.2) is 0 Å². The minimum Gasteiger partial charge on any atom is -0.497 e. The van der Waals surface area contributed by atoms with Crippen molar-refractivity contribution in [2.24, 2.45) is 0 Å². The van der Waals surface area contributed by atoms with E-state index in [1.807, 2.05) is 24.3 Å². The highest BCUT2D eigenvalue weighted by Gasteiger charge is 2.33. The molecule has 2 fully saturated rings. The average molecular weight is 339 g/mol. The number of benzene rings is 1. The number of methoxy groups -OCH3 is 1. The fraction of sp³-hybridized carbons (Fsp3) is 0.421. The molecule has 2 aliphatic rings. The van der Waals surface area contributed by atoms with E-state index in [2.05, 4.69) is 9.97 Å². The van der Waals surface area contributed by atoms with E-state index in [4.69, 9.17) is 4.74 Å². The van der Waals surface area contributed by atoms with Gasteiger partial charge in [-0.05, 0) is 43.4 Å². The summed E-state index contributed by atoms with van der Waals surface area (Å²) in [6.07, 6.45) is 5.35. The molecule has 0 unspecified atom stereocenters. The molecule has 1 N–H and O–H groups in total. The molecular formula is C19H21N3O3. The first-order chi connectivity index (χ1) is 12.2. The summed E-state index contributed by atoms with van der Waals surface area (Å²) >= 11 is 0. The summed E-state index contributed by atoms with van der Waals surface area (Å²) < 4.78 is 5.29. The fourth-order valence-corrected chi connectivity index (χ4v) is 3.49. The summed E-state index contributed by atoms with van der Waals surface area (Å²) in [4.78, 5) is 34.1. The van der Waals surface area contributed by atoms with Crippen molar-refractivity contribution in [3.63, 3.8) is 0 Å². The minimum absolute atomic E-state index is 0.0369. The quantitative estimate of drug-likeness (QED) is 0.929. The van der Waals surface area contributed by atoms with Gasteiger partial charge in [-0.1, -0.05) is 12.1 Å². The third kappa shape index (κ3) is 3.04. The number of rotatable bonds is 4. The number of H-pyrrole nitrogens is 1. The number of carbonyl (C=O) groups excluding carboxylic acids is 1. The Morgan fingerprint density at radius 1 is 1.32 bits per heavy atom. The molecule has 6 heteroatoms. The highest BCUT2D eigenvalue weighted by Crippen LogP contribution is 2.37. The van der Waals surface area contributed by atoms with Crippen LogP contribution in [-0.2, 0) is 0 Å². The van der Waals surface area contributed by atoms with Gasteiger partial charge >= 0.3 is 0 Å². The number of ether oxygens (including phenoxy) is 1.